The summed E-state index contributed by atoms with van der Waals surface area (Å²) in [5.41, 5.74) is 5.24. The standard InChI is InChI=1S/C23H23N7O3S/c1-3-16-7-5-8-17(4-2)21(16)27-22(31)20(15-24)29-28-18-9-11-19(12-10-18)34(32,33)30-23-25-13-6-14-26-23/h5-14,28H,3-4H2,1-2H3,(H,27,31)(H,25,26,30). The Hall–Kier alpha value is -4.30. The van der Waals surface area contributed by atoms with Crippen LogP contribution in [0.3, 0.4) is 0 Å². The summed E-state index contributed by atoms with van der Waals surface area (Å²) in [7, 11) is -3.88. The first kappa shape index (κ1) is 24.3. The lowest BCUT2D eigenvalue weighted by atomic mass is 10.0. The maximum atomic E-state index is 12.7. The second kappa shape index (κ2) is 11.0. The summed E-state index contributed by atoms with van der Waals surface area (Å²) in [6, 6.07) is 14.7. The van der Waals surface area contributed by atoms with Crippen LogP contribution in [-0.2, 0) is 27.7 Å². The molecule has 3 rings (SSSR count). The summed E-state index contributed by atoms with van der Waals surface area (Å²) >= 11 is 0. The van der Waals surface area contributed by atoms with Crippen LogP contribution in [0.25, 0.3) is 0 Å². The number of rotatable bonds is 9. The molecule has 2 aromatic carbocycles. The van der Waals surface area contributed by atoms with E-state index in [9.17, 15) is 18.5 Å². The monoisotopic (exact) mass is 477 g/mol. The fraction of sp³-hybridized carbons (Fsp3) is 0.174. The van der Waals surface area contributed by atoms with Crippen LogP contribution in [0.15, 0.2) is 70.9 Å². The molecular formula is C23H23N7O3S. The van der Waals surface area contributed by atoms with Gasteiger partial charge < -0.3 is 5.32 Å². The van der Waals surface area contributed by atoms with Crippen molar-refractivity contribution < 1.29 is 13.2 Å². The van der Waals surface area contributed by atoms with Crippen LogP contribution >= 0.6 is 0 Å². The number of hydrazone groups is 1. The highest BCUT2D eigenvalue weighted by Gasteiger charge is 2.17. The summed E-state index contributed by atoms with van der Waals surface area (Å²) in [5.74, 6) is -0.688. The minimum Gasteiger partial charge on any atom is -0.319 e. The molecule has 0 aliphatic heterocycles. The van der Waals surface area contributed by atoms with Gasteiger partial charge in [-0.05, 0) is 54.3 Å². The number of aromatic nitrogens is 2. The van der Waals surface area contributed by atoms with Crippen molar-refractivity contribution in [3.63, 3.8) is 0 Å². The summed E-state index contributed by atoms with van der Waals surface area (Å²) in [4.78, 5) is 20.3. The molecule has 0 radical (unpaired) electrons. The minimum absolute atomic E-state index is 0.0176. The van der Waals surface area contributed by atoms with Gasteiger partial charge in [-0.2, -0.15) is 10.4 Å². The van der Waals surface area contributed by atoms with Crippen molar-refractivity contribution in [1.82, 2.24) is 9.97 Å². The third kappa shape index (κ3) is 5.93. The molecule has 3 N–H and O–H groups in total. The topological polar surface area (TPSA) is 149 Å². The third-order valence-corrected chi connectivity index (χ3v) is 6.16. The van der Waals surface area contributed by atoms with Gasteiger partial charge in [0, 0.05) is 18.1 Å². The van der Waals surface area contributed by atoms with E-state index in [2.05, 4.69) is 30.5 Å². The van der Waals surface area contributed by atoms with Crippen LogP contribution in [0.4, 0.5) is 17.3 Å². The van der Waals surface area contributed by atoms with Crippen LogP contribution < -0.4 is 15.5 Å². The maximum absolute atomic E-state index is 12.7. The number of nitriles is 1. The number of sulfonamides is 1. The molecule has 10 nitrogen and oxygen atoms in total. The first-order valence-corrected chi connectivity index (χ1v) is 11.9. The molecule has 11 heteroatoms. The number of nitrogens with one attached hydrogen (secondary N) is 3. The zero-order chi connectivity index (χ0) is 24.6. The van der Waals surface area contributed by atoms with E-state index in [1.54, 1.807) is 12.1 Å². The van der Waals surface area contributed by atoms with Crippen molar-refractivity contribution in [2.24, 2.45) is 5.10 Å². The Morgan fingerprint density at radius 2 is 1.62 bits per heavy atom. The van der Waals surface area contributed by atoms with E-state index >= 15 is 0 Å². The average molecular weight is 478 g/mol. The highest BCUT2D eigenvalue weighted by molar-refractivity contribution is 7.92. The number of carbonyl (C=O) groups excluding carboxylic acids is 1. The molecule has 0 aliphatic rings. The fourth-order valence-electron chi connectivity index (χ4n) is 3.06. The highest BCUT2D eigenvalue weighted by atomic mass is 32.2. The number of hydrogen-bond donors (Lipinski definition) is 3. The Morgan fingerprint density at radius 3 is 2.18 bits per heavy atom. The number of nitrogens with zero attached hydrogens (tertiary/aromatic N) is 4. The van der Waals surface area contributed by atoms with Gasteiger partial charge in [-0.3, -0.25) is 10.2 Å². The predicted octanol–water partition coefficient (Wildman–Crippen LogP) is 3.33. The van der Waals surface area contributed by atoms with Crippen LogP contribution in [-0.4, -0.2) is 30.0 Å². The molecule has 0 spiro atoms. The maximum Gasteiger partial charge on any atom is 0.287 e. The second-order valence-corrected chi connectivity index (χ2v) is 8.68. The Bertz CT molecular complexity index is 1310. The summed E-state index contributed by atoms with van der Waals surface area (Å²) in [6.07, 6.45) is 4.29. The van der Waals surface area contributed by atoms with E-state index in [4.69, 9.17) is 0 Å². The number of anilines is 3. The molecule has 1 heterocycles. The molecule has 0 fully saturated rings. The molecule has 0 atom stereocenters. The number of hydrogen-bond acceptors (Lipinski definition) is 8. The SMILES string of the molecule is CCc1cccc(CC)c1NC(=O)C(C#N)=NNc1ccc(S(=O)(=O)Nc2ncccn2)cc1. The summed E-state index contributed by atoms with van der Waals surface area (Å²) in [6.45, 7) is 3.97. The molecule has 34 heavy (non-hydrogen) atoms. The van der Waals surface area contributed by atoms with Gasteiger partial charge in [0.2, 0.25) is 11.7 Å². The highest BCUT2D eigenvalue weighted by Crippen LogP contribution is 2.22. The van der Waals surface area contributed by atoms with Gasteiger partial charge in [-0.1, -0.05) is 32.0 Å². The number of aryl methyl sites for hydroxylation is 2. The molecule has 0 bridgehead atoms. The molecule has 0 saturated carbocycles. The predicted molar refractivity (Wildman–Crippen MR) is 130 cm³/mol. The zero-order valence-corrected chi connectivity index (χ0v) is 19.4. The molecule has 1 amide bonds. The fourth-order valence-corrected chi connectivity index (χ4v) is 4.02. The van der Waals surface area contributed by atoms with E-state index < -0.39 is 15.9 Å². The summed E-state index contributed by atoms with van der Waals surface area (Å²) < 4.78 is 27.2. The Labute approximate surface area is 197 Å². The first-order valence-electron chi connectivity index (χ1n) is 10.4. The lowest BCUT2D eigenvalue weighted by molar-refractivity contribution is -0.110. The molecule has 1 aromatic heterocycles. The van der Waals surface area contributed by atoms with Crippen molar-refractivity contribution >= 4 is 39.0 Å². The number of para-hydroxylation sites is 1. The average Bonchev–Trinajstić information content (AvgIpc) is 2.85. The Morgan fingerprint density at radius 1 is 1.00 bits per heavy atom. The lowest BCUT2D eigenvalue weighted by Crippen LogP contribution is -2.24. The van der Waals surface area contributed by atoms with Gasteiger partial charge in [-0.25, -0.2) is 23.1 Å². The van der Waals surface area contributed by atoms with Crippen LogP contribution in [0.2, 0.25) is 0 Å². The normalized spacial score (nSPS) is 11.4. The first-order chi connectivity index (χ1) is 16.4. The number of amides is 1. The number of carbonyl (C=O) groups is 1. The lowest BCUT2D eigenvalue weighted by Gasteiger charge is -2.13. The van der Waals surface area contributed by atoms with E-state index in [1.807, 2.05) is 32.0 Å². The molecule has 0 aliphatic carbocycles. The van der Waals surface area contributed by atoms with Crippen molar-refractivity contribution in [1.29, 1.82) is 5.26 Å². The summed E-state index contributed by atoms with van der Waals surface area (Å²) in [5, 5.41) is 16.1. The number of benzene rings is 2. The second-order valence-electron chi connectivity index (χ2n) is 7.00. The quantitative estimate of drug-likeness (QED) is 0.316. The molecular weight excluding hydrogens is 454 g/mol. The van der Waals surface area contributed by atoms with Crippen molar-refractivity contribution in [2.75, 3.05) is 15.5 Å². The van der Waals surface area contributed by atoms with E-state index in [1.165, 1.54) is 36.7 Å². The van der Waals surface area contributed by atoms with Crippen molar-refractivity contribution in [3.8, 4) is 6.07 Å². The third-order valence-electron chi connectivity index (χ3n) is 4.81. The van der Waals surface area contributed by atoms with Crippen molar-refractivity contribution in [2.45, 2.75) is 31.6 Å². The molecule has 3 aromatic rings. The smallest absolute Gasteiger partial charge is 0.287 e. The van der Waals surface area contributed by atoms with Gasteiger partial charge >= 0.3 is 0 Å². The van der Waals surface area contributed by atoms with E-state index in [0.29, 0.717) is 11.4 Å². The van der Waals surface area contributed by atoms with E-state index in [0.717, 1.165) is 24.0 Å². The van der Waals surface area contributed by atoms with Crippen molar-refractivity contribution in [3.05, 3.63) is 72.1 Å². The van der Waals surface area contributed by atoms with Gasteiger partial charge in [0.25, 0.3) is 15.9 Å². The van der Waals surface area contributed by atoms with Gasteiger partial charge in [-0.15, -0.1) is 0 Å². The molecule has 174 valence electrons. The van der Waals surface area contributed by atoms with Crippen LogP contribution in [0.5, 0.6) is 0 Å². The Kier molecular flexibility index (Phi) is 7.89. The van der Waals surface area contributed by atoms with Crippen LogP contribution in [0.1, 0.15) is 25.0 Å². The molecule has 0 saturated heterocycles. The largest absolute Gasteiger partial charge is 0.319 e. The van der Waals surface area contributed by atoms with Gasteiger partial charge in [0.05, 0.1) is 10.6 Å². The van der Waals surface area contributed by atoms with Crippen LogP contribution in [0, 0.1) is 11.3 Å². The Balaban J connectivity index is 1.72. The van der Waals surface area contributed by atoms with Gasteiger partial charge in [0.1, 0.15) is 6.07 Å². The zero-order valence-electron chi connectivity index (χ0n) is 18.6. The molecule has 0 unspecified atom stereocenters. The minimum atomic E-state index is -3.88. The van der Waals surface area contributed by atoms with E-state index in [-0.39, 0.29) is 16.6 Å². The van der Waals surface area contributed by atoms with Gasteiger partial charge in [0.15, 0.2) is 0 Å².